The minimum atomic E-state index is -0.474. The molecule has 0 aliphatic carbocycles. The third-order valence-corrected chi connectivity index (χ3v) is 4.56. The lowest BCUT2D eigenvalue weighted by Gasteiger charge is -2.14. The maximum atomic E-state index is 12.8. The average Bonchev–Trinajstić information content (AvgIpc) is 3.20. The summed E-state index contributed by atoms with van der Waals surface area (Å²) in [5.74, 6) is 1.29. The van der Waals surface area contributed by atoms with Gasteiger partial charge in [-0.3, -0.25) is 9.78 Å². The van der Waals surface area contributed by atoms with Crippen molar-refractivity contribution >= 4 is 29.7 Å². The summed E-state index contributed by atoms with van der Waals surface area (Å²) in [5, 5.41) is 7.38. The van der Waals surface area contributed by atoms with Gasteiger partial charge in [0.25, 0.3) is 11.9 Å². The van der Waals surface area contributed by atoms with Gasteiger partial charge in [0.1, 0.15) is 17.4 Å². The molecule has 1 atom stereocenters. The van der Waals surface area contributed by atoms with E-state index in [0.717, 1.165) is 11.3 Å². The van der Waals surface area contributed by atoms with E-state index in [1.54, 1.807) is 30.7 Å². The molecular formula is C22H16N6O2. The Morgan fingerprint density at radius 3 is 2.40 bits per heavy atom. The van der Waals surface area contributed by atoms with Gasteiger partial charge in [-0.1, -0.05) is 30.3 Å². The molecule has 8 heteroatoms. The molecule has 0 spiro atoms. The minimum Gasteiger partial charge on any atom is -0.457 e. The normalized spacial score (nSPS) is 14.9. The highest BCUT2D eigenvalue weighted by atomic mass is 16.5. The van der Waals surface area contributed by atoms with Gasteiger partial charge in [0.2, 0.25) is 5.95 Å². The monoisotopic (exact) mass is 396 g/mol. The van der Waals surface area contributed by atoms with Crippen molar-refractivity contribution < 1.29 is 9.53 Å². The number of fused-ring (bicyclic) bond motifs is 1. The number of benzene rings is 2. The Morgan fingerprint density at radius 1 is 0.900 bits per heavy atom. The fourth-order valence-electron chi connectivity index (χ4n) is 3.09. The molecule has 1 N–H and O–H groups in total. The molecule has 4 aromatic rings. The number of hydrogen-bond acceptors (Lipinski definition) is 7. The zero-order valence-corrected chi connectivity index (χ0v) is 15.7. The first-order valence-electron chi connectivity index (χ1n) is 9.32. The zero-order valence-electron chi connectivity index (χ0n) is 15.7. The van der Waals surface area contributed by atoms with Crippen LogP contribution in [0, 0.1) is 0 Å². The number of rotatable bonds is 5. The lowest BCUT2D eigenvalue weighted by Crippen LogP contribution is -2.25. The van der Waals surface area contributed by atoms with Crippen LogP contribution in [-0.4, -0.2) is 31.9 Å². The van der Waals surface area contributed by atoms with Gasteiger partial charge in [0.05, 0.1) is 0 Å². The predicted molar refractivity (Wildman–Crippen MR) is 112 cm³/mol. The SMILES string of the molecule is O=C1C(c2ccccc2)C=Nc2nc(Nc3ccc(Oc4ccncc4)cc3)nn21. The molecule has 146 valence electrons. The number of nitrogens with zero attached hydrogens (tertiary/aromatic N) is 5. The topological polar surface area (TPSA) is 94.3 Å². The summed E-state index contributed by atoms with van der Waals surface area (Å²) in [6.07, 6.45) is 4.95. The second kappa shape index (κ2) is 7.59. The molecule has 30 heavy (non-hydrogen) atoms. The molecule has 0 radical (unpaired) electrons. The molecule has 0 fully saturated rings. The van der Waals surface area contributed by atoms with Crippen molar-refractivity contribution in [2.75, 3.05) is 5.32 Å². The predicted octanol–water partition coefficient (Wildman–Crippen LogP) is 4.35. The summed E-state index contributed by atoms with van der Waals surface area (Å²) < 4.78 is 6.99. The quantitative estimate of drug-likeness (QED) is 0.539. The van der Waals surface area contributed by atoms with Crippen LogP contribution >= 0.6 is 0 Å². The van der Waals surface area contributed by atoms with Crippen LogP contribution in [0.5, 0.6) is 11.5 Å². The maximum absolute atomic E-state index is 12.8. The Balaban J connectivity index is 1.31. The van der Waals surface area contributed by atoms with E-state index in [0.29, 0.717) is 17.4 Å². The van der Waals surface area contributed by atoms with Crippen LogP contribution in [0.1, 0.15) is 16.3 Å². The third-order valence-electron chi connectivity index (χ3n) is 4.56. The number of anilines is 2. The molecule has 0 saturated heterocycles. The van der Waals surface area contributed by atoms with Crippen LogP contribution < -0.4 is 10.1 Å². The minimum absolute atomic E-state index is 0.187. The number of carbonyl (C=O) groups excluding carboxylic acids is 1. The summed E-state index contributed by atoms with van der Waals surface area (Å²) >= 11 is 0. The highest BCUT2D eigenvalue weighted by molar-refractivity contribution is 6.03. The Bertz CT molecular complexity index is 1200. The Hall–Kier alpha value is -4.33. The highest BCUT2D eigenvalue weighted by Crippen LogP contribution is 2.27. The summed E-state index contributed by atoms with van der Waals surface area (Å²) in [6, 6.07) is 20.4. The van der Waals surface area contributed by atoms with Crippen molar-refractivity contribution in [1.29, 1.82) is 0 Å². The van der Waals surface area contributed by atoms with Crippen LogP contribution in [0.2, 0.25) is 0 Å². The lowest BCUT2D eigenvalue weighted by molar-refractivity contribution is 0.0887. The molecule has 2 aromatic heterocycles. The molecule has 1 aliphatic rings. The number of aliphatic imine (C=N–C) groups is 1. The fraction of sp³-hybridized carbons (Fsp3) is 0.0455. The Morgan fingerprint density at radius 2 is 1.63 bits per heavy atom. The van der Waals surface area contributed by atoms with Gasteiger partial charge in [-0.2, -0.15) is 9.67 Å². The first kappa shape index (κ1) is 17.7. The summed E-state index contributed by atoms with van der Waals surface area (Å²) in [5.41, 5.74) is 1.63. The Kier molecular flexibility index (Phi) is 4.49. The standard InChI is InChI=1S/C22H16N6O2/c29-20-19(15-4-2-1-3-5-15)14-24-22-26-21(27-28(20)22)25-16-6-8-17(9-7-16)30-18-10-12-23-13-11-18/h1-14,19H,(H,25,27). The zero-order chi connectivity index (χ0) is 20.3. The molecule has 0 amide bonds. The van der Waals surface area contributed by atoms with Crippen molar-refractivity contribution in [2.45, 2.75) is 5.92 Å². The molecule has 0 saturated carbocycles. The lowest BCUT2D eigenvalue weighted by atomic mass is 9.99. The van der Waals surface area contributed by atoms with Crippen molar-refractivity contribution in [1.82, 2.24) is 19.7 Å². The molecular weight excluding hydrogens is 380 g/mol. The number of pyridine rings is 1. The van der Waals surface area contributed by atoms with E-state index < -0.39 is 5.92 Å². The van der Waals surface area contributed by atoms with Crippen LogP contribution in [0.15, 0.2) is 84.1 Å². The number of carbonyl (C=O) groups is 1. The molecule has 3 heterocycles. The van der Waals surface area contributed by atoms with Gasteiger partial charge in [-0.15, -0.1) is 5.10 Å². The fourth-order valence-corrected chi connectivity index (χ4v) is 3.09. The van der Waals surface area contributed by atoms with Crippen molar-refractivity contribution in [3.63, 3.8) is 0 Å². The average molecular weight is 396 g/mol. The van der Waals surface area contributed by atoms with E-state index in [4.69, 9.17) is 4.74 Å². The smallest absolute Gasteiger partial charge is 0.263 e. The van der Waals surface area contributed by atoms with Crippen LogP contribution in [0.3, 0.4) is 0 Å². The number of nitrogens with one attached hydrogen (secondary N) is 1. The first-order chi connectivity index (χ1) is 14.8. The van der Waals surface area contributed by atoms with Crippen LogP contribution in [-0.2, 0) is 0 Å². The van der Waals surface area contributed by atoms with Gasteiger partial charge >= 0.3 is 0 Å². The van der Waals surface area contributed by atoms with Crippen molar-refractivity contribution in [2.24, 2.45) is 4.99 Å². The summed E-state index contributed by atoms with van der Waals surface area (Å²) in [7, 11) is 0. The van der Waals surface area contributed by atoms with E-state index in [1.807, 2.05) is 54.6 Å². The first-order valence-corrected chi connectivity index (χ1v) is 9.32. The van der Waals surface area contributed by atoms with E-state index in [1.165, 1.54) is 4.68 Å². The third kappa shape index (κ3) is 3.53. The second-order valence-electron chi connectivity index (χ2n) is 6.59. The van der Waals surface area contributed by atoms with Crippen LogP contribution in [0.25, 0.3) is 0 Å². The molecule has 0 bridgehead atoms. The maximum Gasteiger partial charge on any atom is 0.263 e. The van der Waals surface area contributed by atoms with Crippen molar-refractivity contribution in [3.8, 4) is 11.5 Å². The number of ether oxygens (including phenoxy) is 1. The largest absolute Gasteiger partial charge is 0.457 e. The van der Waals surface area contributed by atoms with Gasteiger partial charge in [-0.05, 0) is 42.0 Å². The molecule has 8 nitrogen and oxygen atoms in total. The summed E-state index contributed by atoms with van der Waals surface area (Å²) in [6.45, 7) is 0. The number of hydrogen-bond donors (Lipinski definition) is 1. The Labute approximate surface area is 171 Å². The van der Waals surface area contributed by atoms with E-state index in [-0.39, 0.29) is 11.9 Å². The van der Waals surface area contributed by atoms with E-state index >= 15 is 0 Å². The van der Waals surface area contributed by atoms with E-state index in [9.17, 15) is 4.79 Å². The molecule has 1 aliphatic heterocycles. The number of aromatic nitrogens is 4. The van der Waals surface area contributed by atoms with Gasteiger partial charge in [-0.25, -0.2) is 4.99 Å². The molecule has 1 unspecified atom stereocenters. The summed E-state index contributed by atoms with van der Waals surface area (Å²) in [4.78, 5) is 25.4. The molecule has 2 aromatic carbocycles. The van der Waals surface area contributed by atoms with Gasteiger partial charge in [0.15, 0.2) is 0 Å². The van der Waals surface area contributed by atoms with Crippen molar-refractivity contribution in [3.05, 3.63) is 84.7 Å². The van der Waals surface area contributed by atoms with Gasteiger partial charge < -0.3 is 10.1 Å². The highest BCUT2D eigenvalue weighted by Gasteiger charge is 2.28. The van der Waals surface area contributed by atoms with Crippen LogP contribution in [0.4, 0.5) is 17.6 Å². The van der Waals surface area contributed by atoms with E-state index in [2.05, 4.69) is 25.4 Å². The molecule has 5 rings (SSSR count). The second-order valence-corrected chi connectivity index (χ2v) is 6.59. The van der Waals surface area contributed by atoms with Gasteiger partial charge in [0, 0.05) is 24.3 Å².